The fourth-order valence-electron chi connectivity index (χ4n) is 4.05. The number of rotatable bonds is 3. The van der Waals surface area contributed by atoms with Crippen LogP contribution in [0.25, 0.3) is 12.2 Å². The third kappa shape index (κ3) is 3.54. The van der Waals surface area contributed by atoms with Crippen molar-refractivity contribution in [3.05, 3.63) is 53.4 Å². The van der Waals surface area contributed by atoms with E-state index in [9.17, 15) is 9.59 Å². The van der Waals surface area contributed by atoms with E-state index in [-0.39, 0.29) is 11.8 Å². The van der Waals surface area contributed by atoms with E-state index >= 15 is 0 Å². The average Bonchev–Trinajstić information content (AvgIpc) is 3.24. The lowest BCUT2D eigenvalue weighted by molar-refractivity contribution is -0.156. The number of hydrogen-bond donors (Lipinski definition) is 1. The molecule has 5 heterocycles. The molecule has 1 spiro atoms. The Morgan fingerprint density at radius 3 is 2.77 bits per heavy atom. The number of nitrogens with one attached hydrogen (secondary N) is 1. The van der Waals surface area contributed by atoms with E-state index < -0.39 is 5.41 Å². The van der Waals surface area contributed by atoms with Crippen LogP contribution in [0, 0.1) is 5.41 Å². The van der Waals surface area contributed by atoms with Crippen molar-refractivity contribution in [1.82, 2.24) is 14.9 Å². The van der Waals surface area contributed by atoms with E-state index in [0.717, 1.165) is 24.0 Å². The Labute approximate surface area is 173 Å². The van der Waals surface area contributed by atoms with Crippen LogP contribution in [0.5, 0.6) is 0 Å². The Bertz CT molecular complexity index is 1030. The second-order valence-electron chi connectivity index (χ2n) is 8.01. The summed E-state index contributed by atoms with van der Waals surface area (Å²) in [6.07, 6.45) is 12.4. The molecule has 2 aromatic heterocycles. The van der Waals surface area contributed by atoms with Crippen molar-refractivity contribution in [3.8, 4) is 0 Å². The smallest absolute Gasteiger partial charge is 0.246 e. The molecule has 0 bridgehead atoms. The van der Waals surface area contributed by atoms with Crippen molar-refractivity contribution < 1.29 is 18.7 Å². The average molecular weight is 406 g/mol. The van der Waals surface area contributed by atoms with Gasteiger partial charge in [0.15, 0.2) is 0 Å². The van der Waals surface area contributed by atoms with Crippen molar-refractivity contribution in [3.63, 3.8) is 0 Å². The van der Waals surface area contributed by atoms with Crippen molar-refractivity contribution >= 4 is 29.8 Å². The molecule has 30 heavy (non-hydrogen) atoms. The monoisotopic (exact) mass is 406 g/mol. The van der Waals surface area contributed by atoms with Crippen LogP contribution < -0.4 is 5.32 Å². The highest BCUT2D eigenvalue weighted by atomic mass is 16.5. The summed E-state index contributed by atoms with van der Waals surface area (Å²) < 4.78 is 10.5. The van der Waals surface area contributed by atoms with Crippen LogP contribution in [-0.4, -0.2) is 53.0 Å². The van der Waals surface area contributed by atoms with Crippen molar-refractivity contribution in [2.45, 2.75) is 19.3 Å². The van der Waals surface area contributed by atoms with Crippen LogP contribution in [0.3, 0.4) is 0 Å². The number of amides is 2. The van der Waals surface area contributed by atoms with Gasteiger partial charge in [0.2, 0.25) is 17.7 Å². The summed E-state index contributed by atoms with van der Waals surface area (Å²) >= 11 is 0. The molecule has 2 amide bonds. The lowest BCUT2D eigenvalue weighted by atomic mass is 9.76. The standard InChI is InChI=1S/C22H22N4O4/c27-19(26-6-3-15(4-7-26)10-18-23-5-8-30-18)2-1-16-9-17-11-22(13-29-14-22)21(28)25-20(17)24-12-16/h1-2,5,8-10,12H,3-4,6-7,11,13-14H2,(H,24,25,28)/b2-1+. The number of oxazole rings is 1. The van der Waals surface area contributed by atoms with Gasteiger partial charge in [-0.2, -0.15) is 0 Å². The Kier molecular flexibility index (Phi) is 4.71. The summed E-state index contributed by atoms with van der Waals surface area (Å²) in [6.45, 7) is 2.23. The second kappa shape index (κ2) is 7.53. The number of aromatic nitrogens is 2. The predicted octanol–water partition coefficient (Wildman–Crippen LogP) is 2.30. The molecule has 0 aliphatic carbocycles. The molecular formula is C22H22N4O4. The zero-order valence-corrected chi connectivity index (χ0v) is 16.5. The fraction of sp³-hybridized carbons (Fsp3) is 0.364. The van der Waals surface area contributed by atoms with Gasteiger partial charge in [-0.1, -0.05) is 5.57 Å². The molecule has 1 N–H and O–H groups in total. The Hall–Kier alpha value is -3.26. The minimum Gasteiger partial charge on any atom is -0.445 e. The minimum atomic E-state index is -0.461. The minimum absolute atomic E-state index is 0.0138. The maximum Gasteiger partial charge on any atom is 0.246 e. The topological polar surface area (TPSA) is 97.6 Å². The second-order valence-corrected chi connectivity index (χ2v) is 8.01. The molecular weight excluding hydrogens is 384 g/mol. The third-order valence-electron chi connectivity index (χ3n) is 5.90. The van der Waals surface area contributed by atoms with Gasteiger partial charge in [0.25, 0.3) is 0 Å². The molecule has 2 aromatic rings. The highest BCUT2D eigenvalue weighted by Crippen LogP contribution is 2.38. The molecule has 3 aliphatic heterocycles. The van der Waals surface area contributed by atoms with Crippen LogP contribution >= 0.6 is 0 Å². The van der Waals surface area contributed by atoms with Gasteiger partial charge in [-0.25, -0.2) is 9.97 Å². The normalized spacial score (nSPS) is 20.1. The van der Waals surface area contributed by atoms with Crippen LogP contribution in [0.15, 0.2) is 40.8 Å². The third-order valence-corrected chi connectivity index (χ3v) is 5.90. The number of likely N-dealkylation sites (tertiary alicyclic amines) is 1. The van der Waals surface area contributed by atoms with Crippen LogP contribution in [0.1, 0.15) is 29.9 Å². The van der Waals surface area contributed by atoms with E-state index in [4.69, 9.17) is 9.15 Å². The number of carbonyl (C=O) groups is 2. The molecule has 8 nitrogen and oxygen atoms in total. The number of fused-ring (bicyclic) bond motifs is 1. The van der Waals surface area contributed by atoms with Gasteiger partial charge in [0, 0.05) is 25.4 Å². The van der Waals surface area contributed by atoms with Crippen molar-refractivity contribution in [2.24, 2.45) is 5.41 Å². The van der Waals surface area contributed by atoms with Gasteiger partial charge >= 0.3 is 0 Å². The van der Waals surface area contributed by atoms with Gasteiger partial charge in [-0.15, -0.1) is 0 Å². The number of carbonyl (C=O) groups excluding carboxylic acids is 2. The molecule has 154 valence electrons. The van der Waals surface area contributed by atoms with Crippen molar-refractivity contribution in [1.29, 1.82) is 0 Å². The van der Waals surface area contributed by atoms with E-state index in [1.807, 2.05) is 17.0 Å². The molecule has 8 heteroatoms. The number of hydrogen-bond acceptors (Lipinski definition) is 6. The van der Waals surface area contributed by atoms with Crippen molar-refractivity contribution in [2.75, 3.05) is 31.6 Å². The molecule has 0 atom stereocenters. The first kappa shape index (κ1) is 18.7. The Morgan fingerprint density at radius 1 is 1.23 bits per heavy atom. The quantitative estimate of drug-likeness (QED) is 0.786. The molecule has 0 unspecified atom stereocenters. The number of piperidine rings is 1. The Morgan fingerprint density at radius 2 is 2.07 bits per heavy atom. The highest BCUT2D eigenvalue weighted by Gasteiger charge is 2.49. The van der Waals surface area contributed by atoms with Crippen LogP contribution in [0.2, 0.25) is 0 Å². The summed E-state index contributed by atoms with van der Waals surface area (Å²) in [5.74, 6) is 1.17. The maximum atomic E-state index is 12.6. The molecule has 0 saturated carbocycles. The zero-order chi connectivity index (χ0) is 20.6. The zero-order valence-electron chi connectivity index (χ0n) is 16.5. The summed E-state index contributed by atoms with van der Waals surface area (Å²) in [7, 11) is 0. The first-order valence-corrected chi connectivity index (χ1v) is 10.1. The molecule has 0 radical (unpaired) electrons. The Balaban J connectivity index is 1.21. The van der Waals surface area contributed by atoms with Gasteiger partial charge in [-0.3, -0.25) is 9.59 Å². The molecule has 2 saturated heterocycles. The molecule has 3 aliphatic rings. The van der Waals surface area contributed by atoms with E-state index in [1.54, 1.807) is 30.8 Å². The molecule has 2 fully saturated rings. The SMILES string of the molecule is O=C(/C=C/c1cnc2c(c1)CC1(COC1)C(=O)N2)N1CCC(=Cc2ncco2)CC1. The number of nitrogens with zero attached hydrogens (tertiary/aromatic N) is 3. The molecule has 5 rings (SSSR count). The summed E-state index contributed by atoms with van der Waals surface area (Å²) in [5.41, 5.74) is 2.60. The lowest BCUT2D eigenvalue weighted by Gasteiger charge is -2.42. The summed E-state index contributed by atoms with van der Waals surface area (Å²) in [5, 5.41) is 2.87. The maximum absolute atomic E-state index is 12.6. The number of pyridine rings is 1. The first-order chi connectivity index (χ1) is 14.6. The summed E-state index contributed by atoms with van der Waals surface area (Å²) in [6, 6.07) is 1.99. The lowest BCUT2D eigenvalue weighted by Crippen LogP contribution is -2.55. The molecule has 0 aromatic carbocycles. The first-order valence-electron chi connectivity index (χ1n) is 10.1. The fourth-order valence-corrected chi connectivity index (χ4v) is 4.05. The van der Waals surface area contributed by atoms with E-state index in [2.05, 4.69) is 15.3 Å². The van der Waals surface area contributed by atoms with E-state index in [0.29, 0.717) is 44.4 Å². The largest absolute Gasteiger partial charge is 0.445 e. The summed E-state index contributed by atoms with van der Waals surface area (Å²) in [4.78, 5) is 35.1. The van der Waals surface area contributed by atoms with Gasteiger partial charge in [0.1, 0.15) is 17.5 Å². The van der Waals surface area contributed by atoms with E-state index in [1.165, 1.54) is 5.57 Å². The van der Waals surface area contributed by atoms with Gasteiger partial charge < -0.3 is 19.4 Å². The highest BCUT2D eigenvalue weighted by molar-refractivity contribution is 5.98. The van der Waals surface area contributed by atoms with Crippen LogP contribution in [0.4, 0.5) is 5.82 Å². The predicted molar refractivity (Wildman–Crippen MR) is 109 cm³/mol. The van der Waals surface area contributed by atoms with Crippen LogP contribution in [-0.2, 0) is 20.7 Å². The van der Waals surface area contributed by atoms with Gasteiger partial charge in [-0.05, 0) is 48.6 Å². The number of ether oxygens (including phenoxy) is 1. The number of anilines is 1. The van der Waals surface area contributed by atoms with Gasteiger partial charge in [0.05, 0.1) is 19.4 Å².